The van der Waals surface area contributed by atoms with Gasteiger partial charge in [-0.2, -0.15) is 0 Å². The Hall–Kier alpha value is -3.14. The van der Waals surface area contributed by atoms with Crippen molar-refractivity contribution in [3.05, 3.63) is 71.0 Å². The number of imidazole rings is 1. The van der Waals surface area contributed by atoms with E-state index in [4.69, 9.17) is 16.3 Å². The first kappa shape index (κ1) is 25.5. The number of halogens is 1. The molecule has 2 aromatic heterocycles. The standard InChI is InChI=1S/C27H29ClN4O4S/c1-19-24(18-36-2)32-25(29-19)4-3-5-26(32)30-11-13-31(14-12-30)27(33)10-15-37(34,35)23-9-7-20-16-22(28)8-6-21(20)17-23/h3-9,16-17H,10-15,18H2,1-2H3. The van der Waals surface area contributed by atoms with E-state index < -0.39 is 9.84 Å². The maximum absolute atomic E-state index is 13.0. The Kier molecular flexibility index (Phi) is 7.11. The number of carbonyl (C=O) groups excluding carboxylic acids is 1. The number of fused-ring (bicyclic) bond motifs is 2. The average Bonchev–Trinajstić information content (AvgIpc) is 3.22. The molecule has 4 aromatic rings. The van der Waals surface area contributed by atoms with Gasteiger partial charge in [-0.05, 0) is 54.1 Å². The third-order valence-corrected chi connectivity index (χ3v) is 8.82. The smallest absolute Gasteiger partial charge is 0.223 e. The molecule has 1 aliphatic heterocycles. The SMILES string of the molecule is COCc1c(C)nc2cccc(N3CCN(C(=O)CCS(=O)(=O)c4ccc5cc(Cl)ccc5c4)CC3)n12. The van der Waals surface area contributed by atoms with Crippen LogP contribution in [0.25, 0.3) is 16.4 Å². The van der Waals surface area contributed by atoms with Crippen molar-refractivity contribution in [3.8, 4) is 0 Å². The molecule has 0 saturated carbocycles. The number of aryl methyl sites for hydroxylation is 1. The van der Waals surface area contributed by atoms with Crippen LogP contribution in [0.3, 0.4) is 0 Å². The fraction of sp³-hybridized carbons (Fsp3) is 0.333. The minimum atomic E-state index is -3.59. The van der Waals surface area contributed by atoms with E-state index in [1.54, 1.807) is 48.4 Å². The van der Waals surface area contributed by atoms with Crippen LogP contribution in [0.5, 0.6) is 0 Å². The summed E-state index contributed by atoms with van der Waals surface area (Å²) in [5.41, 5.74) is 2.80. The Morgan fingerprint density at radius 3 is 2.51 bits per heavy atom. The average molecular weight is 541 g/mol. The molecule has 0 bridgehead atoms. The molecule has 0 aliphatic carbocycles. The molecule has 1 fully saturated rings. The monoisotopic (exact) mass is 540 g/mol. The predicted octanol–water partition coefficient (Wildman–Crippen LogP) is 4.11. The third kappa shape index (κ3) is 5.16. The molecule has 0 unspecified atom stereocenters. The molecule has 3 heterocycles. The van der Waals surface area contributed by atoms with Gasteiger partial charge in [0.2, 0.25) is 5.91 Å². The van der Waals surface area contributed by atoms with E-state index >= 15 is 0 Å². The minimum Gasteiger partial charge on any atom is -0.378 e. The van der Waals surface area contributed by atoms with Crippen LogP contribution < -0.4 is 4.90 Å². The van der Waals surface area contributed by atoms with Gasteiger partial charge in [0, 0.05) is 44.7 Å². The largest absolute Gasteiger partial charge is 0.378 e. The number of ether oxygens (including phenoxy) is 1. The van der Waals surface area contributed by atoms with Crippen LogP contribution in [0.2, 0.25) is 5.02 Å². The lowest BCUT2D eigenvalue weighted by Gasteiger charge is -2.36. The molecule has 0 spiro atoms. The summed E-state index contributed by atoms with van der Waals surface area (Å²) in [4.78, 5) is 21.8. The summed E-state index contributed by atoms with van der Waals surface area (Å²) in [5.74, 6) is 0.643. The number of nitrogens with zero attached hydrogens (tertiary/aromatic N) is 4. The highest BCUT2D eigenvalue weighted by Gasteiger charge is 2.25. The number of amides is 1. The van der Waals surface area contributed by atoms with Crippen molar-refractivity contribution in [2.45, 2.75) is 24.8 Å². The van der Waals surface area contributed by atoms with Gasteiger partial charge in [0.05, 0.1) is 28.6 Å². The van der Waals surface area contributed by atoms with E-state index in [0.717, 1.165) is 33.6 Å². The second-order valence-corrected chi connectivity index (χ2v) is 11.8. The van der Waals surface area contributed by atoms with Crippen LogP contribution >= 0.6 is 11.6 Å². The quantitative estimate of drug-likeness (QED) is 0.351. The first-order valence-corrected chi connectivity index (χ1v) is 14.2. The topological polar surface area (TPSA) is 84.2 Å². The van der Waals surface area contributed by atoms with Gasteiger partial charge in [0.25, 0.3) is 0 Å². The zero-order valence-electron chi connectivity index (χ0n) is 20.9. The van der Waals surface area contributed by atoms with E-state index in [2.05, 4.69) is 20.4 Å². The number of benzene rings is 2. The number of piperazine rings is 1. The maximum Gasteiger partial charge on any atom is 0.223 e. The Balaban J connectivity index is 1.23. The van der Waals surface area contributed by atoms with Crippen LogP contribution in [0.15, 0.2) is 59.5 Å². The first-order valence-electron chi connectivity index (χ1n) is 12.2. The number of carbonyl (C=O) groups is 1. The van der Waals surface area contributed by atoms with Gasteiger partial charge in [0.15, 0.2) is 9.84 Å². The van der Waals surface area contributed by atoms with Gasteiger partial charge in [-0.3, -0.25) is 9.20 Å². The highest BCUT2D eigenvalue weighted by atomic mass is 35.5. The van der Waals surface area contributed by atoms with Gasteiger partial charge in [0.1, 0.15) is 11.5 Å². The van der Waals surface area contributed by atoms with Crippen molar-refractivity contribution < 1.29 is 17.9 Å². The van der Waals surface area contributed by atoms with Crippen LogP contribution in [0, 0.1) is 6.92 Å². The summed E-state index contributed by atoms with van der Waals surface area (Å²) in [6, 6.07) is 16.3. The molecule has 1 saturated heterocycles. The fourth-order valence-corrected chi connectivity index (χ4v) is 6.31. The molecule has 1 amide bonds. The lowest BCUT2D eigenvalue weighted by molar-refractivity contribution is -0.131. The van der Waals surface area contributed by atoms with E-state index in [1.807, 2.05) is 19.1 Å². The summed E-state index contributed by atoms with van der Waals surface area (Å²) in [6.45, 7) is 4.78. The normalized spacial score (nSPS) is 14.6. The van der Waals surface area contributed by atoms with Crippen LogP contribution in [0.1, 0.15) is 17.8 Å². The number of aromatic nitrogens is 2. The molecule has 2 aromatic carbocycles. The van der Waals surface area contributed by atoms with E-state index in [0.29, 0.717) is 37.8 Å². The highest BCUT2D eigenvalue weighted by molar-refractivity contribution is 7.91. The summed E-state index contributed by atoms with van der Waals surface area (Å²) in [5, 5.41) is 2.27. The molecule has 8 nitrogen and oxygen atoms in total. The number of pyridine rings is 1. The zero-order valence-corrected chi connectivity index (χ0v) is 22.4. The van der Waals surface area contributed by atoms with Crippen LogP contribution in [-0.2, 0) is 26.0 Å². The fourth-order valence-electron chi connectivity index (χ4n) is 4.87. The lowest BCUT2D eigenvalue weighted by atomic mass is 10.1. The number of anilines is 1. The molecule has 0 atom stereocenters. The van der Waals surface area contributed by atoms with Gasteiger partial charge in [-0.1, -0.05) is 29.8 Å². The van der Waals surface area contributed by atoms with Crippen molar-refractivity contribution in [2.24, 2.45) is 0 Å². The van der Waals surface area contributed by atoms with Crippen molar-refractivity contribution >= 4 is 49.6 Å². The molecule has 0 radical (unpaired) electrons. The molecule has 10 heteroatoms. The Bertz CT molecular complexity index is 1580. The predicted molar refractivity (Wildman–Crippen MR) is 145 cm³/mol. The van der Waals surface area contributed by atoms with E-state index in [-0.39, 0.29) is 23.0 Å². The number of hydrogen-bond acceptors (Lipinski definition) is 6. The number of methoxy groups -OCH3 is 1. The Morgan fingerprint density at radius 1 is 1.03 bits per heavy atom. The third-order valence-electron chi connectivity index (χ3n) is 6.87. The van der Waals surface area contributed by atoms with Crippen molar-refractivity contribution in [1.29, 1.82) is 0 Å². The number of hydrogen-bond donors (Lipinski definition) is 0. The highest BCUT2D eigenvalue weighted by Crippen LogP contribution is 2.25. The molecule has 0 N–H and O–H groups in total. The summed E-state index contributed by atoms with van der Waals surface area (Å²) in [6.07, 6.45) is -0.0464. The van der Waals surface area contributed by atoms with Crippen LogP contribution in [-0.4, -0.2) is 67.7 Å². The second-order valence-electron chi connectivity index (χ2n) is 9.24. The zero-order chi connectivity index (χ0) is 26.2. The van der Waals surface area contributed by atoms with Gasteiger partial charge >= 0.3 is 0 Å². The van der Waals surface area contributed by atoms with Gasteiger partial charge in [-0.25, -0.2) is 13.4 Å². The Morgan fingerprint density at radius 2 is 1.76 bits per heavy atom. The first-order chi connectivity index (χ1) is 17.8. The second kappa shape index (κ2) is 10.3. The number of sulfone groups is 1. The number of rotatable bonds is 7. The van der Waals surface area contributed by atoms with Crippen molar-refractivity contribution in [1.82, 2.24) is 14.3 Å². The van der Waals surface area contributed by atoms with Gasteiger partial charge in [-0.15, -0.1) is 0 Å². The van der Waals surface area contributed by atoms with Crippen molar-refractivity contribution in [2.75, 3.05) is 43.9 Å². The molecule has 5 rings (SSSR count). The van der Waals surface area contributed by atoms with Crippen molar-refractivity contribution in [3.63, 3.8) is 0 Å². The molecule has 1 aliphatic rings. The summed E-state index contributed by atoms with van der Waals surface area (Å²) < 4.78 is 33.4. The van der Waals surface area contributed by atoms with Gasteiger partial charge < -0.3 is 14.5 Å². The van der Waals surface area contributed by atoms with Crippen LogP contribution in [0.4, 0.5) is 5.82 Å². The lowest BCUT2D eigenvalue weighted by Crippen LogP contribution is -2.49. The maximum atomic E-state index is 13.0. The van der Waals surface area contributed by atoms with E-state index in [1.165, 1.54) is 0 Å². The minimum absolute atomic E-state index is 0.0464. The summed E-state index contributed by atoms with van der Waals surface area (Å²) >= 11 is 6.02. The molecular formula is C27H29ClN4O4S. The summed E-state index contributed by atoms with van der Waals surface area (Å²) in [7, 11) is -1.93. The molecule has 37 heavy (non-hydrogen) atoms. The Labute approximate surface area is 221 Å². The molecular weight excluding hydrogens is 512 g/mol. The van der Waals surface area contributed by atoms with E-state index in [9.17, 15) is 13.2 Å². The molecule has 194 valence electrons.